The lowest BCUT2D eigenvalue weighted by Crippen LogP contribution is -1.77. The van der Waals surface area contributed by atoms with Gasteiger partial charge in [0.15, 0.2) is 0 Å². The van der Waals surface area contributed by atoms with Crippen LogP contribution in [0.25, 0.3) is 21.0 Å². The van der Waals surface area contributed by atoms with Gasteiger partial charge >= 0.3 is 0 Å². The molecule has 13 heavy (non-hydrogen) atoms. The molecule has 0 radical (unpaired) electrons. The van der Waals surface area contributed by atoms with Crippen LogP contribution in [0.15, 0.2) is 36.1 Å². The van der Waals surface area contributed by atoms with E-state index in [0.29, 0.717) is 0 Å². The molecule has 62 valence electrons. The Kier molecular flexibility index (Phi) is 1.34. The monoisotopic (exact) mass is 186 g/mol. The van der Waals surface area contributed by atoms with E-state index in [1.807, 2.05) is 24.5 Å². The van der Waals surface area contributed by atoms with Gasteiger partial charge in [0.05, 0.1) is 10.2 Å². The molecule has 0 fully saturated rings. The van der Waals surface area contributed by atoms with Crippen LogP contribution >= 0.6 is 11.3 Å². The third-order valence-electron chi connectivity index (χ3n) is 2.09. The first kappa shape index (κ1) is 6.97. The topological polar surface area (TPSA) is 25.8 Å². The van der Waals surface area contributed by atoms with Crippen molar-refractivity contribution in [2.24, 2.45) is 0 Å². The third kappa shape index (κ3) is 0.939. The Balaban J connectivity index is 2.65. The summed E-state index contributed by atoms with van der Waals surface area (Å²) in [6.07, 6.45) is 5.59. The quantitative estimate of drug-likeness (QED) is 0.539. The second-order valence-corrected chi connectivity index (χ2v) is 3.77. The van der Waals surface area contributed by atoms with Gasteiger partial charge in [-0.25, -0.2) is 0 Å². The average Bonchev–Trinajstić information content (AvgIpc) is 2.65. The fraction of sp³-hybridized carbons (Fsp3) is 0. The summed E-state index contributed by atoms with van der Waals surface area (Å²) < 4.78 is 1.23. The van der Waals surface area contributed by atoms with Crippen molar-refractivity contribution in [2.75, 3.05) is 0 Å². The van der Waals surface area contributed by atoms with Crippen LogP contribution in [0.2, 0.25) is 0 Å². The van der Waals surface area contributed by atoms with Crippen LogP contribution in [-0.4, -0.2) is 9.97 Å². The van der Waals surface area contributed by atoms with Crippen LogP contribution in [0.1, 0.15) is 0 Å². The van der Waals surface area contributed by atoms with Crippen molar-refractivity contribution in [2.45, 2.75) is 0 Å². The Bertz CT molecular complexity index is 571. The molecule has 0 bridgehead atoms. The number of pyridine rings is 2. The van der Waals surface area contributed by atoms with Gasteiger partial charge in [0.1, 0.15) is 0 Å². The predicted molar refractivity (Wildman–Crippen MR) is 54.9 cm³/mol. The first-order valence-electron chi connectivity index (χ1n) is 4.01. The summed E-state index contributed by atoms with van der Waals surface area (Å²) in [6.45, 7) is 0. The highest BCUT2D eigenvalue weighted by Crippen LogP contribution is 2.26. The van der Waals surface area contributed by atoms with Crippen LogP contribution in [0.4, 0.5) is 0 Å². The van der Waals surface area contributed by atoms with Crippen molar-refractivity contribution in [3.05, 3.63) is 36.1 Å². The first-order chi connectivity index (χ1) is 6.45. The molecule has 0 saturated carbocycles. The Morgan fingerprint density at radius 2 is 2.15 bits per heavy atom. The van der Waals surface area contributed by atoms with Gasteiger partial charge in [-0.3, -0.25) is 9.97 Å². The maximum atomic E-state index is 4.35. The minimum atomic E-state index is 1.06. The van der Waals surface area contributed by atoms with Gasteiger partial charge in [-0.2, -0.15) is 0 Å². The fourth-order valence-corrected chi connectivity index (χ4v) is 2.32. The third-order valence-corrected chi connectivity index (χ3v) is 3.02. The fourth-order valence-electron chi connectivity index (χ4n) is 1.45. The van der Waals surface area contributed by atoms with Crippen molar-refractivity contribution in [3.63, 3.8) is 0 Å². The second-order valence-electron chi connectivity index (χ2n) is 2.86. The number of hydrogen-bond donors (Lipinski definition) is 0. The van der Waals surface area contributed by atoms with E-state index in [-0.39, 0.29) is 0 Å². The molecule has 0 unspecified atom stereocenters. The van der Waals surface area contributed by atoms with Crippen LogP contribution < -0.4 is 0 Å². The van der Waals surface area contributed by atoms with Crippen molar-refractivity contribution in [3.8, 4) is 0 Å². The zero-order valence-electron chi connectivity index (χ0n) is 6.77. The Labute approximate surface area is 78.9 Å². The second kappa shape index (κ2) is 2.50. The molecule has 0 N–H and O–H groups in total. The van der Waals surface area contributed by atoms with Gasteiger partial charge in [0.25, 0.3) is 0 Å². The molecule has 0 spiro atoms. The predicted octanol–water partition coefficient (Wildman–Crippen LogP) is 2.84. The lowest BCUT2D eigenvalue weighted by atomic mass is 10.2. The van der Waals surface area contributed by atoms with Gasteiger partial charge < -0.3 is 0 Å². The molecule has 3 heteroatoms. The molecular formula is C10H6N2S. The molecule has 0 aromatic carbocycles. The summed E-state index contributed by atoms with van der Waals surface area (Å²) in [5.74, 6) is 0. The molecule has 0 amide bonds. The number of hydrogen-bond acceptors (Lipinski definition) is 3. The van der Waals surface area contributed by atoms with E-state index in [2.05, 4.69) is 15.3 Å². The van der Waals surface area contributed by atoms with Crippen LogP contribution in [0.3, 0.4) is 0 Å². The average molecular weight is 186 g/mol. The van der Waals surface area contributed by atoms with E-state index in [1.54, 1.807) is 17.5 Å². The van der Waals surface area contributed by atoms with Crippen molar-refractivity contribution in [1.29, 1.82) is 0 Å². The van der Waals surface area contributed by atoms with Gasteiger partial charge in [0, 0.05) is 29.4 Å². The van der Waals surface area contributed by atoms with Crippen molar-refractivity contribution in [1.82, 2.24) is 9.97 Å². The lowest BCUT2D eigenvalue weighted by molar-refractivity contribution is 1.36. The first-order valence-corrected chi connectivity index (χ1v) is 4.89. The minimum absolute atomic E-state index is 1.06. The molecule has 0 atom stereocenters. The zero-order valence-corrected chi connectivity index (χ0v) is 7.58. The summed E-state index contributed by atoms with van der Waals surface area (Å²) in [5, 5.41) is 4.41. The smallest absolute Gasteiger partial charge is 0.0816 e. The number of fused-ring (bicyclic) bond motifs is 3. The van der Waals surface area contributed by atoms with Gasteiger partial charge in [0.2, 0.25) is 0 Å². The van der Waals surface area contributed by atoms with E-state index in [4.69, 9.17) is 0 Å². The highest BCUT2D eigenvalue weighted by molar-refractivity contribution is 7.18. The van der Waals surface area contributed by atoms with E-state index >= 15 is 0 Å². The van der Waals surface area contributed by atoms with Crippen LogP contribution in [0, 0.1) is 0 Å². The highest BCUT2D eigenvalue weighted by atomic mass is 32.1. The standard InChI is InChI=1S/C10H6N2S/c1-3-11-6-8-7(1)5-12-9-2-4-13-10(8)9/h1-6H. The molecule has 3 aromatic rings. The molecule has 3 rings (SSSR count). The number of aromatic nitrogens is 2. The van der Waals surface area contributed by atoms with E-state index in [0.717, 1.165) is 10.9 Å². The van der Waals surface area contributed by atoms with E-state index in [9.17, 15) is 0 Å². The molecule has 3 aromatic heterocycles. The molecule has 0 aliphatic heterocycles. The zero-order chi connectivity index (χ0) is 8.67. The van der Waals surface area contributed by atoms with Gasteiger partial charge in [-0.15, -0.1) is 11.3 Å². The van der Waals surface area contributed by atoms with E-state index in [1.165, 1.54) is 10.1 Å². The largest absolute Gasteiger partial charge is 0.264 e. The highest BCUT2D eigenvalue weighted by Gasteiger charge is 2.01. The van der Waals surface area contributed by atoms with Gasteiger partial charge in [-0.1, -0.05) is 0 Å². The van der Waals surface area contributed by atoms with Gasteiger partial charge in [-0.05, 0) is 17.5 Å². The normalized spacial score (nSPS) is 11.1. The summed E-state index contributed by atoms with van der Waals surface area (Å²) in [7, 11) is 0. The Morgan fingerprint density at radius 3 is 3.15 bits per heavy atom. The SMILES string of the molecule is c1cc2cnc3ccsc3c2cn1. The summed E-state index contributed by atoms with van der Waals surface area (Å²) in [5.41, 5.74) is 1.06. The minimum Gasteiger partial charge on any atom is -0.264 e. The molecule has 0 aliphatic carbocycles. The van der Waals surface area contributed by atoms with E-state index < -0.39 is 0 Å². The summed E-state index contributed by atoms with van der Waals surface area (Å²) in [4.78, 5) is 8.47. The van der Waals surface area contributed by atoms with Crippen LogP contribution in [0.5, 0.6) is 0 Å². The molecule has 0 saturated heterocycles. The summed E-state index contributed by atoms with van der Waals surface area (Å²) >= 11 is 1.71. The molecular weight excluding hydrogens is 180 g/mol. The van der Waals surface area contributed by atoms with Crippen LogP contribution in [-0.2, 0) is 0 Å². The lowest BCUT2D eigenvalue weighted by Gasteiger charge is -1.96. The molecule has 2 nitrogen and oxygen atoms in total. The number of thiophene rings is 1. The Morgan fingerprint density at radius 1 is 1.15 bits per heavy atom. The number of rotatable bonds is 0. The van der Waals surface area contributed by atoms with Crippen molar-refractivity contribution >= 4 is 32.3 Å². The Hall–Kier alpha value is -1.48. The maximum absolute atomic E-state index is 4.35. The summed E-state index contributed by atoms with van der Waals surface area (Å²) in [6, 6.07) is 4.02. The molecule has 0 aliphatic rings. The molecule has 3 heterocycles. The maximum Gasteiger partial charge on any atom is 0.0816 e. The number of nitrogens with zero attached hydrogens (tertiary/aromatic N) is 2. The van der Waals surface area contributed by atoms with Crippen molar-refractivity contribution < 1.29 is 0 Å².